The molecule has 2 aliphatic heterocycles. The summed E-state index contributed by atoms with van der Waals surface area (Å²) in [6.07, 6.45) is 9.81. The van der Waals surface area contributed by atoms with Gasteiger partial charge in [0.25, 0.3) is 0 Å². The van der Waals surface area contributed by atoms with E-state index in [1.54, 1.807) is 0 Å². The second-order valence-electron chi connectivity index (χ2n) is 6.98. The molecule has 118 valence electrons. The normalized spacial score (nSPS) is 24.3. The van der Waals surface area contributed by atoms with Crippen LogP contribution in [0.5, 0.6) is 0 Å². The van der Waals surface area contributed by atoms with E-state index in [2.05, 4.69) is 29.1 Å². The van der Waals surface area contributed by atoms with Gasteiger partial charge in [0.15, 0.2) is 0 Å². The highest BCUT2D eigenvalue weighted by Gasteiger charge is 2.22. The van der Waals surface area contributed by atoms with E-state index in [0.29, 0.717) is 6.04 Å². The lowest BCUT2D eigenvalue weighted by atomic mass is 9.96. The molecule has 0 aromatic rings. The zero-order valence-corrected chi connectivity index (χ0v) is 13.7. The van der Waals surface area contributed by atoms with Crippen molar-refractivity contribution in [2.24, 2.45) is 5.92 Å². The smallest absolute Gasteiger partial charge is 0.00357 e. The fraction of sp³-hybridized carbons (Fsp3) is 1.00. The molecule has 0 aromatic carbocycles. The number of hydrogen-bond acceptors (Lipinski definition) is 3. The number of piperidine rings is 1. The van der Waals surface area contributed by atoms with Crippen molar-refractivity contribution in [2.75, 3.05) is 46.3 Å². The molecule has 0 amide bonds. The monoisotopic (exact) mass is 281 g/mol. The van der Waals surface area contributed by atoms with Crippen molar-refractivity contribution in [3.05, 3.63) is 0 Å². The lowest BCUT2D eigenvalue weighted by Crippen LogP contribution is -2.38. The summed E-state index contributed by atoms with van der Waals surface area (Å²) in [6, 6.07) is 0.682. The average Bonchev–Trinajstić information content (AvgIpc) is 2.98. The van der Waals surface area contributed by atoms with Gasteiger partial charge in [0.1, 0.15) is 0 Å². The highest BCUT2D eigenvalue weighted by molar-refractivity contribution is 4.77. The number of nitrogens with one attached hydrogen (secondary N) is 1. The maximum Gasteiger partial charge on any atom is 0.00357 e. The fourth-order valence-corrected chi connectivity index (χ4v) is 3.65. The first kappa shape index (κ1) is 16.3. The summed E-state index contributed by atoms with van der Waals surface area (Å²) in [6.45, 7) is 10.4. The van der Waals surface area contributed by atoms with Crippen molar-refractivity contribution in [3.63, 3.8) is 0 Å². The minimum Gasteiger partial charge on any atom is -0.317 e. The van der Waals surface area contributed by atoms with Crippen molar-refractivity contribution in [3.8, 4) is 0 Å². The topological polar surface area (TPSA) is 18.5 Å². The molecule has 2 heterocycles. The largest absolute Gasteiger partial charge is 0.317 e. The van der Waals surface area contributed by atoms with Crippen molar-refractivity contribution in [2.45, 2.75) is 57.9 Å². The molecule has 3 heteroatoms. The van der Waals surface area contributed by atoms with Gasteiger partial charge in [0, 0.05) is 12.6 Å². The lowest BCUT2D eigenvalue weighted by molar-refractivity contribution is 0.152. The zero-order chi connectivity index (χ0) is 14.2. The van der Waals surface area contributed by atoms with Crippen LogP contribution in [0.4, 0.5) is 0 Å². The molecular weight excluding hydrogens is 246 g/mol. The molecule has 0 radical (unpaired) electrons. The minimum atomic E-state index is 0.682. The molecule has 1 atom stereocenters. The third kappa shape index (κ3) is 5.71. The standard InChI is InChI=1S/C17H35N3/c1-16(18-2)7-3-4-10-19-13-8-17(9-14-19)15-20-11-5-6-12-20/h16-18H,3-15H2,1-2H3. The highest BCUT2D eigenvalue weighted by atomic mass is 15.2. The van der Waals surface area contributed by atoms with Gasteiger partial charge >= 0.3 is 0 Å². The van der Waals surface area contributed by atoms with Gasteiger partial charge < -0.3 is 15.1 Å². The van der Waals surface area contributed by atoms with Gasteiger partial charge in [-0.05, 0) is 91.1 Å². The van der Waals surface area contributed by atoms with E-state index >= 15 is 0 Å². The minimum absolute atomic E-state index is 0.682. The Balaban J connectivity index is 1.50. The Labute approximate surface area is 126 Å². The maximum absolute atomic E-state index is 3.33. The molecule has 0 saturated carbocycles. The molecule has 1 unspecified atom stereocenters. The SMILES string of the molecule is CNC(C)CCCCN1CCC(CN2CCCC2)CC1. The second kappa shape index (κ2) is 9.01. The van der Waals surface area contributed by atoms with Crippen LogP contribution >= 0.6 is 0 Å². The first-order valence-electron chi connectivity index (χ1n) is 8.90. The van der Waals surface area contributed by atoms with Crippen molar-refractivity contribution in [1.29, 1.82) is 0 Å². The van der Waals surface area contributed by atoms with Crippen LogP contribution in [-0.4, -0.2) is 62.2 Å². The molecule has 0 spiro atoms. The van der Waals surface area contributed by atoms with E-state index in [0.717, 1.165) is 5.92 Å². The predicted octanol–water partition coefficient (Wildman–Crippen LogP) is 2.57. The molecule has 0 bridgehead atoms. The maximum atomic E-state index is 3.33. The molecule has 20 heavy (non-hydrogen) atoms. The summed E-state index contributed by atoms with van der Waals surface area (Å²) in [4.78, 5) is 5.39. The van der Waals surface area contributed by atoms with Crippen LogP contribution in [0.2, 0.25) is 0 Å². The van der Waals surface area contributed by atoms with E-state index in [4.69, 9.17) is 0 Å². The van der Waals surface area contributed by atoms with Crippen LogP contribution in [0.25, 0.3) is 0 Å². The van der Waals surface area contributed by atoms with Gasteiger partial charge in [-0.1, -0.05) is 6.42 Å². The number of unbranched alkanes of at least 4 members (excludes halogenated alkanes) is 1. The first-order valence-corrected chi connectivity index (χ1v) is 8.90. The summed E-state index contributed by atoms with van der Waals surface area (Å²) in [7, 11) is 2.07. The first-order chi connectivity index (χ1) is 9.78. The summed E-state index contributed by atoms with van der Waals surface area (Å²) in [5.74, 6) is 0.980. The van der Waals surface area contributed by atoms with Crippen molar-refractivity contribution in [1.82, 2.24) is 15.1 Å². The Kier molecular flexibility index (Phi) is 7.32. The number of nitrogens with zero attached hydrogens (tertiary/aromatic N) is 2. The zero-order valence-electron chi connectivity index (χ0n) is 13.7. The van der Waals surface area contributed by atoms with Crippen LogP contribution in [0.15, 0.2) is 0 Å². The molecule has 2 aliphatic rings. The van der Waals surface area contributed by atoms with E-state index < -0.39 is 0 Å². The quantitative estimate of drug-likeness (QED) is 0.690. The Morgan fingerprint density at radius 3 is 2.35 bits per heavy atom. The Hall–Kier alpha value is -0.120. The predicted molar refractivity (Wildman–Crippen MR) is 87.2 cm³/mol. The van der Waals surface area contributed by atoms with Crippen LogP contribution in [0.1, 0.15) is 51.9 Å². The third-order valence-corrected chi connectivity index (χ3v) is 5.28. The van der Waals surface area contributed by atoms with Crippen LogP contribution in [0, 0.1) is 5.92 Å². The summed E-state index contributed by atoms with van der Waals surface area (Å²) >= 11 is 0. The van der Waals surface area contributed by atoms with E-state index in [-0.39, 0.29) is 0 Å². The van der Waals surface area contributed by atoms with Gasteiger partial charge in [-0.25, -0.2) is 0 Å². The van der Waals surface area contributed by atoms with Crippen molar-refractivity contribution >= 4 is 0 Å². The molecule has 0 aromatic heterocycles. The fourth-order valence-electron chi connectivity index (χ4n) is 3.65. The van der Waals surface area contributed by atoms with E-state index in [1.165, 1.54) is 84.2 Å². The van der Waals surface area contributed by atoms with Gasteiger partial charge in [-0.2, -0.15) is 0 Å². The molecule has 2 rings (SSSR count). The van der Waals surface area contributed by atoms with Crippen LogP contribution in [-0.2, 0) is 0 Å². The van der Waals surface area contributed by atoms with E-state index in [1.807, 2.05) is 0 Å². The van der Waals surface area contributed by atoms with Gasteiger partial charge in [-0.15, -0.1) is 0 Å². The molecule has 2 saturated heterocycles. The Bertz CT molecular complexity index is 243. The Morgan fingerprint density at radius 1 is 1.00 bits per heavy atom. The number of rotatable bonds is 8. The van der Waals surface area contributed by atoms with Gasteiger partial charge in [-0.3, -0.25) is 0 Å². The van der Waals surface area contributed by atoms with Crippen molar-refractivity contribution < 1.29 is 0 Å². The molecule has 1 N–H and O–H groups in total. The highest BCUT2D eigenvalue weighted by Crippen LogP contribution is 2.21. The number of hydrogen-bond donors (Lipinski definition) is 1. The van der Waals surface area contributed by atoms with Gasteiger partial charge in [0.05, 0.1) is 0 Å². The van der Waals surface area contributed by atoms with Gasteiger partial charge in [0.2, 0.25) is 0 Å². The average molecular weight is 281 g/mol. The summed E-state index contributed by atoms with van der Waals surface area (Å²) < 4.78 is 0. The number of likely N-dealkylation sites (tertiary alicyclic amines) is 2. The molecule has 3 nitrogen and oxygen atoms in total. The molecular formula is C17H35N3. The summed E-state index contributed by atoms with van der Waals surface area (Å²) in [5.41, 5.74) is 0. The third-order valence-electron chi connectivity index (χ3n) is 5.28. The lowest BCUT2D eigenvalue weighted by Gasteiger charge is -2.33. The van der Waals surface area contributed by atoms with Crippen LogP contribution in [0.3, 0.4) is 0 Å². The molecule has 0 aliphatic carbocycles. The van der Waals surface area contributed by atoms with E-state index in [9.17, 15) is 0 Å². The molecule has 2 fully saturated rings. The second-order valence-corrected chi connectivity index (χ2v) is 6.98. The van der Waals surface area contributed by atoms with Crippen LogP contribution < -0.4 is 5.32 Å². The summed E-state index contributed by atoms with van der Waals surface area (Å²) in [5, 5.41) is 3.33. The Morgan fingerprint density at radius 2 is 1.70 bits per heavy atom.